The van der Waals surface area contributed by atoms with Gasteiger partial charge >= 0.3 is 0 Å². The van der Waals surface area contributed by atoms with Gasteiger partial charge in [-0.15, -0.1) is 0 Å². The van der Waals surface area contributed by atoms with Gasteiger partial charge in [0.05, 0.1) is 19.4 Å². The third kappa shape index (κ3) is 3.11. The fourth-order valence-corrected chi connectivity index (χ4v) is 1.69. The predicted octanol–water partition coefficient (Wildman–Crippen LogP) is 3.14. The number of hydrogen-bond donors (Lipinski definition) is 1. The summed E-state index contributed by atoms with van der Waals surface area (Å²) in [4.78, 5) is 0. The Hall–Kier alpha value is -1.74. The summed E-state index contributed by atoms with van der Waals surface area (Å²) in [5.41, 5.74) is 1.20. The second kappa shape index (κ2) is 5.55. The molecule has 1 aromatic heterocycles. The number of methoxy groups -OCH3 is 1. The summed E-state index contributed by atoms with van der Waals surface area (Å²) in [6.45, 7) is 2.87. The zero-order valence-corrected chi connectivity index (χ0v) is 10.1. The largest absolute Gasteiger partial charge is 0.497 e. The molecule has 0 aliphatic heterocycles. The van der Waals surface area contributed by atoms with E-state index in [1.165, 1.54) is 5.56 Å². The highest BCUT2D eigenvalue weighted by Crippen LogP contribution is 2.15. The van der Waals surface area contributed by atoms with Crippen LogP contribution in [0.1, 0.15) is 24.3 Å². The molecule has 0 saturated heterocycles. The van der Waals surface area contributed by atoms with Crippen molar-refractivity contribution >= 4 is 0 Å². The molecule has 0 aliphatic carbocycles. The van der Waals surface area contributed by atoms with E-state index < -0.39 is 0 Å². The van der Waals surface area contributed by atoms with Crippen molar-refractivity contribution in [2.45, 2.75) is 19.5 Å². The molecule has 0 amide bonds. The van der Waals surface area contributed by atoms with Gasteiger partial charge in [-0.1, -0.05) is 12.1 Å². The molecule has 0 bridgehead atoms. The van der Waals surface area contributed by atoms with Crippen molar-refractivity contribution in [2.75, 3.05) is 7.11 Å². The SMILES string of the molecule is COc1cccc(CNC(C)c2ccco2)c1. The number of furan rings is 1. The van der Waals surface area contributed by atoms with Gasteiger partial charge in [-0.2, -0.15) is 0 Å². The molecule has 1 N–H and O–H groups in total. The highest BCUT2D eigenvalue weighted by atomic mass is 16.5. The molecule has 0 spiro atoms. The maximum absolute atomic E-state index is 5.34. The Morgan fingerprint density at radius 3 is 2.88 bits per heavy atom. The van der Waals surface area contributed by atoms with Crippen LogP contribution < -0.4 is 10.1 Å². The van der Waals surface area contributed by atoms with Gasteiger partial charge in [0, 0.05) is 6.54 Å². The third-order valence-electron chi connectivity index (χ3n) is 2.72. The van der Waals surface area contributed by atoms with Gasteiger partial charge in [-0.3, -0.25) is 0 Å². The summed E-state index contributed by atoms with van der Waals surface area (Å²) in [6, 6.07) is 12.1. The molecule has 2 aromatic rings. The molecule has 90 valence electrons. The fourth-order valence-electron chi connectivity index (χ4n) is 1.69. The van der Waals surface area contributed by atoms with E-state index in [0.29, 0.717) is 0 Å². The van der Waals surface area contributed by atoms with Crippen molar-refractivity contribution in [3.63, 3.8) is 0 Å². The second-order valence-electron chi connectivity index (χ2n) is 3.97. The van der Waals surface area contributed by atoms with E-state index in [2.05, 4.69) is 18.3 Å². The molecule has 3 nitrogen and oxygen atoms in total. The van der Waals surface area contributed by atoms with Gasteiger partial charge in [-0.05, 0) is 36.8 Å². The highest BCUT2D eigenvalue weighted by Gasteiger charge is 2.07. The lowest BCUT2D eigenvalue weighted by atomic mass is 10.2. The van der Waals surface area contributed by atoms with Crippen molar-refractivity contribution in [3.05, 3.63) is 54.0 Å². The summed E-state index contributed by atoms with van der Waals surface area (Å²) in [5, 5.41) is 3.40. The van der Waals surface area contributed by atoms with Crippen LogP contribution in [0.25, 0.3) is 0 Å². The van der Waals surface area contributed by atoms with E-state index in [9.17, 15) is 0 Å². The van der Waals surface area contributed by atoms with E-state index in [-0.39, 0.29) is 6.04 Å². The highest BCUT2D eigenvalue weighted by molar-refractivity contribution is 5.28. The van der Waals surface area contributed by atoms with Crippen LogP contribution in [0, 0.1) is 0 Å². The molecule has 3 heteroatoms. The number of benzene rings is 1. The molecule has 1 unspecified atom stereocenters. The lowest BCUT2D eigenvalue weighted by molar-refractivity contribution is 0.412. The molecule has 2 rings (SSSR count). The summed E-state index contributed by atoms with van der Waals surface area (Å²) in [7, 11) is 1.68. The van der Waals surface area contributed by atoms with Gasteiger partial charge in [0.15, 0.2) is 0 Å². The minimum atomic E-state index is 0.205. The van der Waals surface area contributed by atoms with E-state index in [1.807, 2.05) is 30.3 Å². The Morgan fingerprint density at radius 2 is 2.18 bits per heavy atom. The van der Waals surface area contributed by atoms with E-state index in [0.717, 1.165) is 18.1 Å². The van der Waals surface area contributed by atoms with Crippen LogP contribution in [-0.2, 0) is 6.54 Å². The zero-order valence-electron chi connectivity index (χ0n) is 10.1. The number of nitrogens with one attached hydrogen (secondary N) is 1. The van der Waals surface area contributed by atoms with Crippen LogP contribution in [0.4, 0.5) is 0 Å². The standard InChI is InChI=1S/C14H17NO2/c1-11(14-7-4-8-17-14)15-10-12-5-3-6-13(9-12)16-2/h3-9,11,15H,10H2,1-2H3. The maximum atomic E-state index is 5.34. The average Bonchev–Trinajstić information content (AvgIpc) is 2.90. The predicted molar refractivity (Wildman–Crippen MR) is 67.0 cm³/mol. The van der Waals surface area contributed by atoms with Crippen LogP contribution >= 0.6 is 0 Å². The lowest BCUT2D eigenvalue weighted by Gasteiger charge is -2.11. The van der Waals surface area contributed by atoms with Crippen molar-refractivity contribution in [1.29, 1.82) is 0 Å². The monoisotopic (exact) mass is 231 g/mol. The molecule has 0 radical (unpaired) electrons. The van der Waals surface area contributed by atoms with Crippen molar-refractivity contribution in [2.24, 2.45) is 0 Å². The van der Waals surface area contributed by atoms with Crippen molar-refractivity contribution in [3.8, 4) is 5.75 Å². The lowest BCUT2D eigenvalue weighted by Crippen LogP contribution is -2.17. The Labute approximate surface area is 101 Å². The van der Waals surface area contributed by atoms with Gasteiger partial charge in [0.25, 0.3) is 0 Å². The maximum Gasteiger partial charge on any atom is 0.120 e. The molecular formula is C14H17NO2. The van der Waals surface area contributed by atoms with Gasteiger partial charge in [0.2, 0.25) is 0 Å². The number of hydrogen-bond acceptors (Lipinski definition) is 3. The first-order valence-electron chi connectivity index (χ1n) is 5.69. The van der Waals surface area contributed by atoms with E-state index in [1.54, 1.807) is 13.4 Å². The van der Waals surface area contributed by atoms with Crippen LogP contribution in [0.15, 0.2) is 47.1 Å². The Morgan fingerprint density at radius 1 is 1.29 bits per heavy atom. The Bertz CT molecular complexity index is 451. The van der Waals surface area contributed by atoms with Gasteiger partial charge in [-0.25, -0.2) is 0 Å². The molecule has 17 heavy (non-hydrogen) atoms. The fraction of sp³-hybridized carbons (Fsp3) is 0.286. The number of rotatable bonds is 5. The normalized spacial score (nSPS) is 12.4. The van der Waals surface area contributed by atoms with Crippen LogP contribution in [-0.4, -0.2) is 7.11 Å². The zero-order chi connectivity index (χ0) is 12.1. The van der Waals surface area contributed by atoms with Crippen LogP contribution in [0.2, 0.25) is 0 Å². The first-order chi connectivity index (χ1) is 8.29. The van der Waals surface area contributed by atoms with Gasteiger partial charge < -0.3 is 14.5 Å². The molecular weight excluding hydrogens is 214 g/mol. The molecule has 1 atom stereocenters. The van der Waals surface area contributed by atoms with Crippen LogP contribution in [0.5, 0.6) is 5.75 Å². The number of ether oxygens (including phenoxy) is 1. The quantitative estimate of drug-likeness (QED) is 0.858. The summed E-state index contributed by atoms with van der Waals surface area (Å²) in [5.74, 6) is 1.84. The molecule has 1 heterocycles. The summed E-state index contributed by atoms with van der Waals surface area (Å²) >= 11 is 0. The average molecular weight is 231 g/mol. The molecule has 0 saturated carbocycles. The smallest absolute Gasteiger partial charge is 0.120 e. The third-order valence-corrected chi connectivity index (χ3v) is 2.72. The molecule has 0 fully saturated rings. The molecule has 0 aliphatic rings. The molecule has 1 aromatic carbocycles. The van der Waals surface area contributed by atoms with Gasteiger partial charge in [0.1, 0.15) is 11.5 Å². The topological polar surface area (TPSA) is 34.4 Å². The van der Waals surface area contributed by atoms with Crippen LogP contribution in [0.3, 0.4) is 0 Å². The summed E-state index contributed by atoms with van der Waals surface area (Å²) < 4.78 is 10.5. The van der Waals surface area contributed by atoms with E-state index >= 15 is 0 Å². The Kier molecular flexibility index (Phi) is 3.83. The van der Waals surface area contributed by atoms with E-state index in [4.69, 9.17) is 9.15 Å². The minimum absolute atomic E-state index is 0.205. The Balaban J connectivity index is 1.93. The van der Waals surface area contributed by atoms with Crippen molar-refractivity contribution < 1.29 is 9.15 Å². The second-order valence-corrected chi connectivity index (χ2v) is 3.97. The first-order valence-corrected chi connectivity index (χ1v) is 5.69. The first kappa shape index (κ1) is 11.7. The minimum Gasteiger partial charge on any atom is -0.497 e. The van der Waals surface area contributed by atoms with Crippen molar-refractivity contribution in [1.82, 2.24) is 5.32 Å². The summed E-state index contributed by atoms with van der Waals surface area (Å²) in [6.07, 6.45) is 1.69.